The summed E-state index contributed by atoms with van der Waals surface area (Å²) in [6.07, 6.45) is 0.581. The number of sulfonamides is 1. The summed E-state index contributed by atoms with van der Waals surface area (Å²) in [6, 6.07) is 20.9. The monoisotopic (exact) mass is 555 g/mol. The van der Waals surface area contributed by atoms with Crippen LogP contribution in [-0.4, -0.2) is 37.7 Å². The minimum atomic E-state index is -3.54. The lowest BCUT2D eigenvalue weighted by molar-refractivity contribution is -0.140. The molecule has 7 nitrogen and oxygen atoms in total. The molecular formula is C29H34ClN3O4S. The summed E-state index contributed by atoms with van der Waals surface area (Å²) in [5, 5.41) is 3.53. The van der Waals surface area contributed by atoms with Crippen LogP contribution in [0.15, 0.2) is 77.7 Å². The Morgan fingerprint density at radius 2 is 1.47 bits per heavy atom. The molecule has 0 aromatic heterocycles. The van der Waals surface area contributed by atoms with Gasteiger partial charge in [0.05, 0.1) is 4.90 Å². The van der Waals surface area contributed by atoms with Crippen LogP contribution in [0.3, 0.4) is 0 Å². The van der Waals surface area contributed by atoms with Gasteiger partial charge in [-0.3, -0.25) is 9.59 Å². The maximum Gasteiger partial charge on any atom is 0.242 e. The summed E-state index contributed by atoms with van der Waals surface area (Å²) in [7, 11) is -3.54. The summed E-state index contributed by atoms with van der Waals surface area (Å²) in [5.74, 6) is -0.423. The molecule has 0 aliphatic carbocycles. The zero-order valence-corrected chi connectivity index (χ0v) is 23.5. The fourth-order valence-corrected chi connectivity index (χ4v) is 5.08. The van der Waals surface area contributed by atoms with Gasteiger partial charge in [0.2, 0.25) is 21.8 Å². The van der Waals surface area contributed by atoms with E-state index in [1.54, 1.807) is 43.0 Å². The highest BCUT2D eigenvalue weighted by molar-refractivity contribution is 7.89. The van der Waals surface area contributed by atoms with Gasteiger partial charge in [-0.05, 0) is 61.2 Å². The Hall–Kier alpha value is -3.20. The van der Waals surface area contributed by atoms with Crippen molar-refractivity contribution in [1.29, 1.82) is 0 Å². The summed E-state index contributed by atoms with van der Waals surface area (Å²) >= 11 is 6.02. The number of nitrogens with one attached hydrogen (secondary N) is 2. The third kappa shape index (κ3) is 8.41. The van der Waals surface area contributed by atoms with Crippen LogP contribution in [-0.2, 0) is 39.1 Å². The molecule has 0 heterocycles. The van der Waals surface area contributed by atoms with Crippen molar-refractivity contribution in [3.8, 4) is 0 Å². The number of aryl methyl sites for hydroxylation is 2. The SMILES string of the molecule is CCNS(=O)(=O)c1ccc(CCC(=O)N(Cc2ccc(Cl)cc2)[C@@H](C)C(=O)NCc2ccc(C)cc2)cc1. The van der Waals surface area contributed by atoms with Crippen molar-refractivity contribution in [2.24, 2.45) is 0 Å². The first-order valence-electron chi connectivity index (χ1n) is 12.5. The van der Waals surface area contributed by atoms with E-state index in [2.05, 4.69) is 10.0 Å². The first-order valence-corrected chi connectivity index (χ1v) is 14.4. The van der Waals surface area contributed by atoms with Gasteiger partial charge in [0, 0.05) is 31.1 Å². The molecule has 202 valence electrons. The summed E-state index contributed by atoms with van der Waals surface area (Å²) in [4.78, 5) is 28.2. The predicted octanol–water partition coefficient (Wildman–Crippen LogP) is 4.61. The molecule has 0 radical (unpaired) electrons. The molecule has 3 aromatic carbocycles. The smallest absolute Gasteiger partial charge is 0.242 e. The maximum absolute atomic E-state index is 13.4. The number of hydrogen-bond donors (Lipinski definition) is 2. The topological polar surface area (TPSA) is 95.6 Å². The number of carbonyl (C=O) groups excluding carboxylic acids is 2. The van der Waals surface area contributed by atoms with E-state index < -0.39 is 16.1 Å². The van der Waals surface area contributed by atoms with Crippen molar-refractivity contribution in [3.05, 3.63) is 100 Å². The lowest BCUT2D eigenvalue weighted by Gasteiger charge is -2.29. The molecule has 0 aliphatic heterocycles. The Morgan fingerprint density at radius 1 is 0.895 bits per heavy atom. The molecule has 0 aliphatic rings. The number of carbonyl (C=O) groups is 2. The first-order chi connectivity index (χ1) is 18.1. The molecule has 3 aromatic rings. The zero-order valence-electron chi connectivity index (χ0n) is 21.9. The van der Waals surface area contributed by atoms with Gasteiger partial charge in [-0.15, -0.1) is 0 Å². The molecule has 0 saturated heterocycles. The lowest BCUT2D eigenvalue weighted by atomic mass is 10.1. The van der Waals surface area contributed by atoms with Crippen LogP contribution in [0.2, 0.25) is 5.02 Å². The number of amides is 2. The van der Waals surface area contributed by atoms with E-state index in [-0.39, 0.29) is 29.7 Å². The third-order valence-electron chi connectivity index (χ3n) is 6.22. The molecule has 0 bridgehead atoms. The van der Waals surface area contributed by atoms with Crippen molar-refractivity contribution in [2.75, 3.05) is 6.54 Å². The van der Waals surface area contributed by atoms with Gasteiger partial charge in [0.25, 0.3) is 0 Å². The fraction of sp³-hybridized carbons (Fsp3) is 0.310. The Bertz CT molecular complexity index is 1330. The van der Waals surface area contributed by atoms with Gasteiger partial charge in [0.1, 0.15) is 6.04 Å². The predicted molar refractivity (Wildman–Crippen MR) is 150 cm³/mol. The molecule has 2 N–H and O–H groups in total. The van der Waals surface area contributed by atoms with Gasteiger partial charge >= 0.3 is 0 Å². The fourth-order valence-electron chi connectivity index (χ4n) is 3.92. The molecule has 0 unspecified atom stereocenters. The Morgan fingerprint density at radius 3 is 2.08 bits per heavy atom. The highest BCUT2D eigenvalue weighted by Crippen LogP contribution is 2.17. The van der Waals surface area contributed by atoms with Crippen molar-refractivity contribution < 1.29 is 18.0 Å². The Kier molecular flexibility index (Phi) is 10.5. The average molecular weight is 556 g/mol. The van der Waals surface area contributed by atoms with Crippen LogP contribution < -0.4 is 10.0 Å². The van der Waals surface area contributed by atoms with Gasteiger partial charge in [-0.2, -0.15) is 0 Å². The van der Waals surface area contributed by atoms with Crippen LogP contribution in [0.1, 0.15) is 42.5 Å². The molecule has 0 fully saturated rings. The first kappa shape index (κ1) is 29.4. The Labute approximate surface area is 230 Å². The molecule has 1 atom stereocenters. The van der Waals surface area contributed by atoms with E-state index in [4.69, 9.17) is 11.6 Å². The van der Waals surface area contributed by atoms with Crippen LogP contribution >= 0.6 is 11.6 Å². The van der Waals surface area contributed by atoms with Crippen molar-refractivity contribution in [2.45, 2.75) is 57.6 Å². The van der Waals surface area contributed by atoms with Gasteiger partial charge in [-0.25, -0.2) is 13.1 Å². The molecular weight excluding hydrogens is 522 g/mol. The highest BCUT2D eigenvalue weighted by Gasteiger charge is 2.26. The van der Waals surface area contributed by atoms with Crippen LogP contribution in [0.4, 0.5) is 0 Å². The second-order valence-electron chi connectivity index (χ2n) is 9.17. The number of hydrogen-bond acceptors (Lipinski definition) is 4. The van der Waals surface area contributed by atoms with Crippen LogP contribution in [0.25, 0.3) is 0 Å². The zero-order chi connectivity index (χ0) is 27.7. The van der Waals surface area contributed by atoms with Gasteiger partial charge < -0.3 is 10.2 Å². The minimum absolute atomic E-state index is 0.169. The number of nitrogens with zero attached hydrogens (tertiary/aromatic N) is 1. The molecule has 2 amide bonds. The second-order valence-corrected chi connectivity index (χ2v) is 11.4. The maximum atomic E-state index is 13.4. The summed E-state index contributed by atoms with van der Waals surface area (Å²) in [6.45, 7) is 6.38. The quantitative estimate of drug-likeness (QED) is 0.341. The van der Waals surface area contributed by atoms with Gasteiger partial charge in [-0.1, -0.05) is 72.6 Å². The van der Waals surface area contributed by atoms with E-state index in [1.165, 1.54) is 12.1 Å². The van der Waals surface area contributed by atoms with E-state index >= 15 is 0 Å². The minimum Gasteiger partial charge on any atom is -0.350 e. The largest absolute Gasteiger partial charge is 0.350 e. The van der Waals surface area contributed by atoms with E-state index in [0.29, 0.717) is 24.5 Å². The number of rotatable bonds is 12. The average Bonchev–Trinajstić information content (AvgIpc) is 2.90. The number of halogens is 1. The van der Waals surface area contributed by atoms with Crippen molar-refractivity contribution in [3.63, 3.8) is 0 Å². The molecule has 0 saturated carbocycles. The summed E-state index contributed by atoms with van der Waals surface area (Å²) in [5.41, 5.74) is 3.81. The molecule has 3 rings (SSSR count). The van der Waals surface area contributed by atoms with Crippen molar-refractivity contribution in [1.82, 2.24) is 14.9 Å². The normalized spacial score (nSPS) is 12.1. The highest BCUT2D eigenvalue weighted by atomic mass is 35.5. The van der Waals surface area contributed by atoms with Crippen molar-refractivity contribution >= 4 is 33.4 Å². The van der Waals surface area contributed by atoms with E-state index in [0.717, 1.165) is 22.3 Å². The standard InChI is InChI=1S/C29H34ClN3O4S/c1-4-32-38(36,37)27-16-11-23(12-17-27)13-18-28(34)33(20-25-9-14-26(30)15-10-25)22(3)29(35)31-19-24-7-5-21(2)6-8-24/h5-12,14-17,22,32H,4,13,18-20H2,1-3H3,(H,31,35)/t22-/m0/s1. The molecule has 38 heavy (non-hydrogen) atoms. The van der Waals surface area contributed by atoms with Crippen LogP contribution in [0, 0.1) is 6.92 Å². The lowest BCUT2D eigenvalue weighted by Crippen LogP contribution is -2.47. The third-order valence-corrected chi connectivity index (χ3v) is 8.03. The van der Waals surface area contributed by atoms with Crippen LogP contribution in [0.5, 0.6) is 0 Å². The van der Waals surface area contributed by atoms with Gasteiger partial charge in [0.15, 0.2) is 0 Å². The molecule has 0 spiro atoms. The van der Waals surface area contributed by atoms with E-state index in [1.807, 2.05) is 43.3 Å². The van der Waals surface area contributed by atoms with E-state index in [9.17, 15) is 18.0 Å². The Balaban J connectivity index is 1.69. The number of benzene rings is 3. The second kappa shape index (κ2) is 13.6. The summed E-state index contributed by atoms with van der Waals surface area (Å²) < 4.78 is 26.8. The molecule has 9 heteroatoms.